The summed E-state index contributed by atoms with van der Waals surface area (Å²) in [6, 6.07) is 62.8. The molecular weight excluding hydrogens is 673 g/mol. The molecule has 0 fully saturated rings. The van der Waals surface area contributed by atoms with Crippen LogP contribution in [0.1, 0.15) is 11.1 Å². The summed E-state index contributed by atoms with van der Waals surface area (Å²) in [6.45, 7) is 0. The summed E-state index contributed by atoms with van der Waals surface area (Å²) < 4.78 is 11.4. The number of hydrogen-bond acceptors (Lipinski definition) is 3. The molecule has 0 aliphatic heterocycles. The average molecular weight is 701 g/mol. The highest BCUT2D eigenvalue weighted by molar-refractivity contribution is 6.39. The molecule has 0 spiro atoms. The lowest BCUT2D eigenvalue weighted by Gasteiger charge is -2.14. The molecule has 11 rings (SSSR count). The second-order valence-corrected chi connectivity index (χ2v) is 13.9. The molecule has 0 saturated carbocycles. The quantitative estimate of drug-likeness (QED) is 0.183. The van der Waals surface area contributed by atoms with Gasteiger partial charge >= 0.3 is 0 Å². The van der Waals surface area contributed by atoms with Crippen LogP contribution in [-0.4, -0.2) is 9.13 Å². The first-order chi connectivity index (χ1) is 27.2. The monoisotopic (exact) mass is 700 g/mol. The molecule has 0 amide bonds. The minimum Gasteiger partial charge on any atom is -0.455 e. The van der Waals surface area contributed by atoms with Crippen LogP contribution in [0.2, 0.25) is 0 Å². The highest BCUT2D eigenvalue weighted by Crippen LogP contribution is 2.49. The van der Waals surface area contributed by atoms with Crippen LogP contribution in [-0.2, 0) is 0 Å². The molecule has 0 saturated heterocycles. The lowest BCUT2D eigenvalue weighted by atomic mass is 9.98. The summed E-state index contributed by atoms with van der Waals surface area (Å²) >= 11 is 0. The maximum Gasteiger partial charge on any atom is 0.147 e. The number of hydrogen-bond donors (Lipinski definition) is 0. The fraction of sp³-hybridized carbons (Fsp3) is 0. The molecule has 0 unspecified atom stereocenters. The van der Waals surface area contributed by atoms with Gasteiger partial charge < -0.3 is 13.6 Å². The van der Waals surface area contributed by atoms with Crippen LogP contribution in [0, 0.1) is 22.7 Å². The first kappa shape index (κ1) is 30.7. The van der Waals surface area contributed by atoms with Gasteiger partial charge in [0.15, 0.2) is 0 Å². The van der Waals surface area contributed by atoms with Crippen LogP contribution in [0.25, 0.3) is 99.2 Å². The van der Waals surface area contributed by atoms with Crippen molar-refractivity contribution < 1.29 is 4.42 Å². The molecule has 3 heterocycles. The summed E-state index contributed by atoms with van der Waals surface area (Å²) in [5.41, 5.74) is 12.7. The zero-order valence-corrected chi connectivity index (χ0v) is 29.4. The molecular formula is C50H28N4O. The second-order valence-electron chi connectivity index (χ2n) is 13.9. The Bertz CT molecular complexity index is 3440. The Morgan fingerprint density at radius 2 is 1.02 bits per heavy atom. The molecule has 5 heteroatoms. The molecule has 0 aliphatic carbocycles. The molecule has 5 nitrogen and oxygen atoms in total. The first-order valence-corrected chi connectivity index (χ1v) is 18.2. The summed E-state index contributed by atoms with van der Waals surface area (Å²) in [5, 5.41) is 27.0. The van der Waals surface area contributed by atoms with Crippen molar-refractivity contribution >= 4 is 65.6 Å². The van der Waals surface area contributed by atoms with Crippen molar-refractivity contribution in [3.63, 3.8) is 0 Å². The SMILES string of the molecule is N#Cc1cccc(-n2c3ccccc3c3c4oc5ccccc5c4c4c(c5ccccc5n4-c4ccc(-c5ccc(-c6ccccc6)cc5)cc4C#N)c32)c1. The lowest BCUT2D eigenvalue weighted by Crippen LogP contribution is -1.99. The van der Waals surface area contributed by atoms with Gasteiger partial charge in [-0.3, -0.25) is 0 Å². The number of rotatable bonds is 4. The van der Waals surface area contributed by atoms with Crippen molar-refractivity contribution in [3.8, 4) is 45.8 Å². The summed E-state index contributed by atoms with van der Waals surface area (Å²) in [4.78, 5) is 0. The van der Waals surface area contributed by atoms with Crippen molar-refractivity contribution in [2.45, 2.75) is 0 Å². The lowest BCUT2D eigenvalue weighted by molar-refractivity contribution is 0.673. The zero-order valence-electron chi connectivity index (χ0n) is 29.4. The van der Waals surface area contributed by atoms with E-state index >= 15 is 0 Å². The van der Waals surface area contributed by atoms with E-state index in [4.69, 9.17) is 4.42 Å². The Kier molecular flexibility index (Phi) is 6.61. The van der Waals surface area contributed by atoms with Gasteiger partial charge in [0.2, 0.25) is 0 Å². The highest BCUT2D eigenvalue weighted by atomic mass is 16.3. The Morgan fingerprint density at radius 1 is 0.436 bits per heavy atom. The maximum atomic E-state index is 10.9. The third-order valence-electron chi connectivity index (χ3n) is 11.0. The van der Waals surface area contributed by atoms with Gasteiger partial charge in [-0.05, 0) is 70.8 Å². The van der Waals surface area contributed by atoms with Gasteiger partial charge in [0.1, 0.15) is 17.2 Å². The van der Waals surface area contributed by atoms with Crippen molar-refractivity contribution in [1.29, 1.82) is 10.5 Å². The van der Waals surface area contributed by atoms with E-state index in [0.29, 0.717) is 11.1 Å². The standard InChI is InChI=1S/C50H28N4O/c51-29-31-11-10-14-37(27-31)53-42-18-7-5-16-39(42)46-48(53)45-38-15-4-8-19-43(38)54(49(45)47-40-17-6-9-20-44(40)55-50(46)47)41-26-25-35(28-36(41)30-52)34-23-21-33(22-24-34)32-12-2-1-3-13-32/h1-28H. The van der Waals surface area contributed by atoms with E-state index in [1.807, 2.05) is 54.6 Å². The fourth-order valence-electron chi connectivity index (χ4n) is 8.60. The largest absolute Gasteiger partial charge is 0.455 e. The molecule has 254 valence electrons. The van der Waals surface area contributed by atoms with E-state index in [1.54, 1.807) is 0 Å². The number of benzene rings is 8. The molecule has 0 atom stereocenters. The molecule has 55 heavy (non-hydrogen) atoms. The second kappa shape index (κ2) is 11.8. The van der Waals surface area contributed by atoms with Gasteiger partial charge in [-0.15, -0.1) is 0 Å². The molecule has 11 aromatic rings. The number of para-hydroxylation sites is 3. The molecule has 0 radical (unpaired) electrons. The Labute approximate surface area is 315 Å². The van der Waals surface area contributed by atoms with E-state index in [0.717, 1.165) is 99.2 Å². The fourth-order valence-corrected chi connectivity index (χ4v) is 8.60. The van der Waals surface area contributed by atoms with Crippen LogP contribution in [0.4, 0.5) is 0 Å². The van der Waals surface area contributed by atoms with Gasteiger partial charge in [0, 0.05) is 27.2 Å². The van der Waals surface area contributed by atoms with Gasteiger partial charge in [-0.2, -0.15) is 10.5 Å². The van der Waals surface area contributed by atoms with Gasteiger partial charge in [-0.1, -0.05) is 121 Å². The van der Waals surface area contributed by atoms with Crippen molar-refractivity contribution in [1.82, 2.24) is 9.13 Å². The topological polar surface area (TPSA) is 70.6 Å². The molecule has 0 bridgehead atoms. The summed E-state index contributed by atoms with van der Waals surface area (Å²) in [7, 11) is 0. The third kappa shape index (κ3) is 4.45. The normalized spacial score (nSPS) is 11.6. The molecule has 0 N–H and O–H groups in total. The van der Waals surface area contributed by atoms with Crippen LogP contribution >= 0.6 is 0 Å². The average Bonchev–Trinajstić information content (AvgIpc) is 3.92. The minimum absolute atomic E-state index is 0.565. The Balaban J connectivity index is 1.27. The summed E-state index contributed by atoms with van der Waals surface area (Å²) in [6.07, 6.45) is 0. The predicted molar refractivity (Wildman–Crippen MR) is 223 cm³/mol. The molecule has 0 aliphatic rings. The van der Waals surface area contributed by atoms with Gasteiger partial charge in [0.05, 0.1) is 55.7 Å². The van der Waals surface area contributed by atoms with Gasteiger partial charge in [0.25, 0.3) is 0 Å². The highest BCUT2D eigenvalue weighted by Gasteiger charge is 2.28. The third-order valence-corrected chi connectivity index (χ3v) is 11.0. The van der Waals surface area contributed by atoms with Crippen molar-refractivity contribution in [3.05, 3.63) is 181 Å². The smallest absolute Gasteiger partial charge is 0.147 e. The van der Waals surface area contributed by atoms with E-state index in [2.05, 4.69) is 137 Å². The zero-order chi connectivity index (χ0) is 36.6. The Hall–Kier alpha value is -7.86. The van der Waals surface area contributed by atoms with E-state index in [9.17, 15) is 10.5 Å². The van der Waals surface area contributed by atoms with Crippen LogP contribution in [0.5, 0.6) is 0 Å². The number of aromatic nitrogens is 2. The van der Waals surface area contributed by atoms with Crippen LogP contribution < -0.4 is 0 Å². The number of fused-ring (bicyclic) bond motifs is 12. The number of nitrogens with zero attached hydrogens (tertiary/aromatic N) is 4. The predicted octanol–water partition coefficient (Wildman–Crippen LogP) is 12.9. The minimum atomic E-state index is 0.565. The van der Waals surface area contributed by atoms with Gasteiger partial charge in [-0.25, -0.2) is 0 Å². The number of furan rings is 1. The molecule has 8 aromatic carbocycles. The summed E-state index contributed by atoms with van der Waals surface area (Å²) in [5.74, 6) is 0. The first-order valence-electron chi connectivity index (χ1n) is 18.2. The van der Waals surface area contributed by atoms with E-state index in [1.165, 1.54) is 0 Å². The van der Waals surface area contributed by atoms with Crippen LogP contribution in [0.15, 0.2) is 174 Å². The number of nitriles is 2. The van der Waals surface area contributed by atoms with Crippen molar-refractivity contribution in [2.75, 3.05) is 0 Å². The van der Waals surface area contributed by atoms with Crippen LogP contribution in [0.3, 0.4) is 0 Å². The Morgan fingerprint density at radius 3 is 1.76 bits per heavy atom. The van der Waals surface area contributed by atoms with E-state index < -0.39 is 0 Å². The maximum absolute atomic E-state index is 10.9. The van der Waals surface area contributed by atoms with Crippen molar-refractivity contribution in [2.24, 2.45) is 0 Å². The van der Waals surface area contributed by atoms with E-state index in [-0.39, 0.29) is 0 Å². The molecule has 3 aromatic heterocycles.